The average Bonchev–Trinajstić information content (AvgIpc) is 2.48. The van der Waals surface area contributed by atoms with Gasteiger partial charge in [0.1, 0.15) is 5.75 Å². The van der Waals surface area contributed by atoms with Gasteiger partial charge in [0.25, 0.3) is 5.91 Å². The first-order chi connectivity index (χ1) is 9.72. The van der Waals surface area contributed by atoms with Crippen molar-refractivity contribution in [3.8, 4) is 5.75 Å². The van der Waals surface area contributed by atoms with Crippen molar-refractivity contribution < 1.29 is 9.53 Å². The van der Waals surface area contributed by atoms with E-state index in [1.165, 1.54) is 5.56 Å². The Hall–Kier alpha value is -2.29. The van der Waals surface area contributed by atoms with E-state index >= 15 is 0 Å². The van der Waals surface area contributed by atoms with E-state index in [1.54, 1.807) is 12.1 Å². The highest BCUT2D eigenvalue weighted by molar-refractivity contribution is 6.04. The van der Waals surface area contributed by atoms with Gasteiger partial charge < -0.3 is 10.1 Å². The molecule has 0 aliphatic rings. The highest BCUT2D eigenvalue weighted by Gasteiger charge is 2.07. The van der Waals surface area contributed by atoms with Crippen LogP contribution in [0.2, 0.25) is 0 Å². The van der Waals surface area contributed by atoms with Crippen LogP contribution in [0.3, 0.4) is 0 Å². The fourth-order valence-electron chi connectivity index (χ4n) is 1.97. The van der Waals surface area contributed by atoms with Gasteiger partial charge in [-0.05, 0) is 49.2 Å². The molecule has 104 valence electrons. The van der Waals surface area contributed by atoms with Crippen LogP contribution in [-0.2, 0) is 6.42 Å². The molecule has 0 saturated carbocycles. The normalized spacial score (nSPS) is 10.1. The zero-order chi connectivity index (χ0) is 14.4. The Morgan fingerprint density at radius 3 is 2.65 bits per heavy atom. The molecule has 0 radical (unpaired) electrons. The van der Waals surface area contributed by atoms with Crippen molar-refractivity contribution >= 4 is 11.6 Å². The number of ether oxygens (including phenoxy) is 1. The lowest BCUT2D eigenvalue weighted by Gasteiger charge is -2.08. The summed E-state index contributed by atoms with van der Waals surface area (Å²) in [5.74, 6) is 0.585. The molecule has 1 amide bonds. The average molecular weight is 269 g/mol. The minimum absolute atomic E-state index is 0.125. The van der Waals surface area contributed by atoms with Crippen LogP contribution in [0.5, 0.6) is 5.75 Å². The van der Waals surface area contributed by atoms with Gasteiger partial charge in [0.2, 0.25) is 0 Å². The monoisotopic (exact) mass is 269 g/mol. The number of aryl methyl sites for hydroxylation is 1. The third-order valence-electron chi connectivity index (χ3n) is 3.00. The molecule has 0 heterocycles. The summed E-state index contributed by atoms with van der Waals surface area (Å²) in [6, 6.07) is 15.1. The van der Waals surface area contributed by atoms with E-state index in [0.717, 1.165) is 12.1 Å². The molecule has 0 bridgehead atoms. The van der Waals surface area contributed by atoms with E-state index < -0.39 is 0 Å². The van der Waals surface area contributed by atoms with Gasteiger partial charge in [0.05, 0.1) is 6.61 Å². The topological polar surface area (TPSA) is 38.3 Å². The zero-order valence-electron chi connectivity index (χ0n) is 11.8. The standard InChI is InChI=1S/C17H19NO2/c1-3-13-7-5-9-15(11-13)18-17(19)14-8-6-10-16(12-14)20-4-2/h5-12H,3-4H2,1-2H3,(H,18,19). The molecule has 3 heteroatoms. The summed E-state index contributed by atoms with van der Waals surface area (Å²) in [5.41, 5.74) is 2.61. The molecule has 2 aromatic rings. The Bertz CT molecular complexity index is 593. The minimum atomic E-state index is -0.125. The number of nitrogens with one attached hydrogen (secondary N) is 1. The third kappa shape index (κ3) is 3.60. The second-order valence-electron chi connectivity index (χ2n) is 4.47. The van der Waals surface area contributed by atoms with Crippen molar-refractivity contribution in [3.63, 3.8) is 0 Å². The number of rotatable bonds is 5. The van der Waals surface area contributed by atoms with Crippen LogP contribution in [0.1, 0.15) is 29.8 Å². The Balaban J connectivity index is 2.12. The van der Waals surface area contributed by atoms with E-state index in [9.17, 15) is 4.79 Å². The summed E-state index contributed by atoms with van der Waals surface area (Å²) in [4.78, 5) is 12.2. The molecule has 0 unspecified atom stereocenters. The Kier molecular flexibility index (Phi) is 4.77. The van der Waals surface area contributed by atoms with Crippen molar-refractivity contribution in [2.45, 2.75) is 20.3 Å². The minimum Gasteiger partial charge on any atom is -0.494 e. The first-order valence-electron chi connectivity index (χ1n) is 6.86. The lowest BCUT2D eigenvalue weighted by Crippen LogP contribution is -2.12. The van der Waals surface area contributed by atoms with Crippen LogP contribution >= 0.6 is 0 Å². The smallest absolute Gasteiger partial charge is 0.255 e. The van der Waals surface area contributed by atoms with Crippen molar-refractivity contribution in [2.24, 2.45) is 0 Å². The molecule has 0 aromatic heterocycles. The first-order valence-corrected chi connectivity index (χ1v) is 6.86. The van der Waals surface area contributed by atoms with Crippen LogP contribution in [0, 0.1) is 0 Å². The number of carbonyl (C=O) groups excluding carboxylic acids is 1. The molecule has 0 fully saturated rings. The summed E-state index contributed by atoms with van der Waals surface area (Å²) in [7, 11) is 0. The van der Waals surface area contributed by atoms with Gasteiger partial charge in [-0.1, -0.05) is 25.1 Å². The van der Waals surface area contributed by atoms with Gasteiger partial charge >= 0.3 is 0 Å². The quantitative estimate of drug-likeness (QED) is 0.894. The SMILES string of the molecule is CCOc1cccc(C(=O)Nc2cccc(CC)c2)c1. The number of hydrogen-bond acceptors (Lipinski definition) is 2. The molecule has 0 atom stereocenters. The highest BCUT2D eigenvalue weighted by atomic mass is 16.5. The summed E-state index contributed by atoms with van der Waals surface area (Å²) in [6.07, 6.45) is 0.948. The number of benzene rings is 2. The van der Waals surface area contributed by atoms with Gasteiger partial charge in [-0.2, -0.15) is 0 Å². The van der Waals surface area contributed by atoms with Gasteiger partial charge in [0.15, 0.2) is 0 Å². The Labute approximate surface area is 119 Å². The van der Waals surface area contributed by atoms with Gasteiger partial charge in [-0.15, -0.1) is 0 Å². The molecule has 0 saturated heterocycles. The van der Waals surface area contributed by atoms with Crippen molar-refractivity contribution in [3.05, 3.63) is 59.7 Å². The van der Waals surface area contributed by atoms with E-state index in [1.807, 2.05) is 43.3 Å². The van der Waals surface area contributed by atoms with Crippen molar-refractivity contribution in [1.82, 2.24) is 0 Å². The molecule has 1 N–H and O–H groups in total. The fraction of sp³-hybridized carbons (Fsp3) is 0.235. The fourth-order valence-corrected chi connectivity index (χ4v) is 1.97. The maximum absolute atomic E-state index is 12.2. The summed E-state index contributed by atoms with van der Waals surface area (Å²) >= 11 is 0. The Morgan fingerprint density at radius 1 is 1.10 bits per heavy atom. The zero-order valence-corrected chi connectivity index (χ0v) is 11.8. The van der Waals surface area contributed by atoms with Crippen LogP contribution < -0.4 is 10.1 Å². The van der Waals surface area contributed by atoms with Crippen LogP contribution in [0.15, 0.2) is 48.5 Å². The maximum Gasteiger partial charge on any atom is 0.255 e. The van der Waals surface area contributed by atoms with Crippen LogP contribution in [0.4, 0.5) is 5.69 Å². The largest absolute Gasteiger partial charge is 0.494 e. The molecular weight excluding hydrogens is 250 g/mol. The van der Waals surface area contributed by atoms with E-state index in [2.05, 4.69) is 12.2 Å². The number of amides is 1. The molecular formula is C17H19NO2. The molecule has 2 aromatic carbocycles. The van der Waals surface area contributed by atoms with E-state index in [0.29, 0.717) is 17.9 Å². The molecule has 20 heavy (non-hydrogen) atoms. The predicted octanol–water partition coefficient (Wildman–Crippen LogP) is 3.90. The number of anilines is 1. The summed E-state index contributed by atoms with van der Waals surface area (Å²) < 4.78 is 5.40. The lowest BCUT2D eigenvalue weighted by atomic mass is 10.1. The molecule has 2 rings (SSSR count). The maximum atomic E-state index is 12.2. The van der Waals surface area contributed by atoms with Gasteiger partial charge in [-0.25, -0.2) is 0 Å². The molecule has 0 spiro atoms. The Morgan fingerprint density at radius 2 is 1.90 bits per heavy atom. The van der Waals surface area contributed by atoms with Gasteiger partial charge in [-0.3, -0.25) is 4.79 Å². The van der Waals surface area contributed by atoms with E-state index in [-0.39, 0.29) is 5.91 Å². The predicted molar refractivity (Wildman–Crippen MR) is 81.4 cm³/mol. The number of hydrogen-bond donors (Lipinski definition) is 1. The summed E-state index contributed by atoms with van der Waals surface area (Å²) in [6.45, 7) is 4.60. The highest BCUT2D eigenvalue weighted by Crippen LogP contribution is 2.16. The van der Waals surface area contributed by atoms with Crippen molar-refractivity contribution in [2.75, 3.05) is 11.9 Å². The summed E-state index contributed by atoms with van der Waals surface area (Å²) in [5, 5.41) is 2.91. The first kappa shape index (κ1) is 14.1. The van der Waals surface area contributed by atoms with Crippen LogP contribution in [0.25, 0.3) is 0 Å². The molecule has 0 aliphatic heterocycles. The molecule has 0 aliphatic carbocycles. The van der Waals surface area contributed by atoms with E-state index in [4.69, 9.17) is 4.74 Å². The van der Waals surface area contributed by atoms with Crippen LogP contribution in [-0.4, -0.2) is 12.5 Å². The third-order valence-corrected chi connectivity index (χ3v) is 3.00. The second-order valence-corrected chi connectivity index (χ2v) is 4.47. The number of carbonyl (C=O) groups is 1. The van der Waals surface area contributed by atoms with Crippen molar-refractivity contribution in [1.29, 1.82) is 0 Å². The van der Waals surface area contributed by atoms with Gasteiger partial charge in [0, 0.05) is 11.3 Å². The molecule has 3 nitrogen and oxygen atoms in total. The second kappa shape index (κ2) is 6.75. The lowest BCUT2D eigenvalue weighted by molar-refractivity contribution is 0.102.